The fourth-order valence-electron chi connectivity index (χ4n) is 1.96. The molecule has 0 aliphatic carbocycles. The van der Waals surface area contributed by atoms with Gasteiger partial charge in [0.2, 0.25) is 5.91 Å². The Labute approximate surface area is 130 Å². The highest BCUT2D eigenvalue weighted by molar-refractivity contribution is 8.39. The second kappa shape index (κ2) is 6.95. The van der Waals surface area contributed by atoms with Crippen molar-refractivity contribution in [2.75, 3.05) is 23.4 Å². The molecule has 21 heavy (non-hydrogen) atoms. The summed E-state index contributed by atoms with van der Waals surface area (Å²) in [4.78, 5) is 26.8. The monoisotopic (exact) mass is 325 g/mol. The Morgan fingerprint density at radius 3 is 2.90 bits per heavy atom. The molecule has 8 heteroatoms. The quantitative estimate of drug-likeness (QED) is 0.679. The van der Waals surface area contributed by atoms with Crippen LogP contribution in [-0.2, 0) is 4.79 Å². The molecule has 0 aromatic heterocycles. The smallest absolute Gasteiger partial charge is 0.293 e. The van der Waals surface area contributed by atoms with Crippen LogP contribution >= 0.6 is 23.5 Å². The molecule has 1 aliphatic heterocycles. The highest BCUT2D eigenvalue weighted by Gasteiger charge is 2.19. The third kappa shape index (κ3) is 4.21. The molecule has 0 fully saturated rings. The maximum absolute atomic E-state index is 12.0. The molecule has 0 spiro atoms. The van der Waals surface area contributed by atoms with Gasteiger partial charge in [-0.1, -0.05) is 29.6 Å². The van der Waals surface area contributed by atoms with Crippen LogP contribution in [0.25, 0.3) is 0 Å². The lowest BCUT2D eigenvalue weighted by atomic mass is 10.1. The van der Waals surface area contributed by atoms with Crippen molar-refractivity contribution >= 4 is 45.2 Å². The van der Waals surface area contributed by atoms with Crippen molar-refractivity contribution in [2.45, 2.75) is 13.8 Å². The molecule has 2 rings (SSSR count). The summed E-state index contributed by atoms with van der Waals surface area (Å²) in [6.45, 7) is 4.33. The summed E-state index contributed by atoms with van der Waals surface area (Å²) in [5.74, 6) is 0.897. The third-order valence-electron chi connectivity index (χ3n) is 2.80. The molecule has 1 heterocycles. The van der Waals surface area contributed by atoms with Gasteiger partial charge in [-0.2, -0.15) is 0 Å². The number of thioether (sulfide) groups is 2. The van der Waals surface area contributed by atoms with E-state index in [1.807, 2.05) is 6.07 Å². The first-order valence-electron chi connectivity index (χ1n) is 6.33. The SMILES string of the molecule is Cc1cc(C)c(NC(=O)CSC2=NCCS2)c([N+](=O)[O-])c1. The molecule has 1 aromatic rings. The van der Waals surface area contributed by atoms with E-state index in [9.17, 15) is 14.9 Å². The van der Waals surface area contributed by atoms with Crippen LogP contribution in [-0.4, -0.2) is 33.3 Å². The molecule has 0 saturated carbocycles. The van der Waals surface area contributed by atoms with Gasteiger partial charge in [-0.05, 0) is 25.0 Å². The first kappa shape index (κ1) is 15.8. The molecule has 1 amide bonds. The summed E-state index contributed by atoms with van der Waals surface area (Å²) in [5, 5.41) is 13.7. The zero-order chi connectivity index (χ0) is 15.4. The molecular formula is C13H15N3O3S2. The van der Waals surface area contributed by atoms with Crippen LogP contribution in [0.5, 0.6) is 0 Å². The van der Waals surface area contributed by atoms with Gasteiger partial charge in [0.1, 0.15) is 10.1 Å². The van der Waals surface area contributed by atoms with Crippen molar-refractivity contribution in [1.29, 1.82) is 0 Å². The molecule has 0 radical (unpaired) electrons. The number of hydrogen-bond acceptors (Lipinski definition) is 6. The maximum atomic E-state index is 12.0. The number of nitrogens with zero attached hydrogens (tertiary/aromatic N) is 2. The number of nitro groups is 1. The second-order valence-electron chi connectivity index (χ2n) is 4.57. The van der Waals surface area contributed by atoms with E-state index in [0.29, 0.717) is 5.56 Å². The van der Waals surface area contributed by atoms with Crippen LogP contribution in [0.1, 0.15) is 11.1 Å². The minimum absolute atomic E-state index is 0.0709. The lowest BCUT2D eigenvalue weighted by Gasteiger charge is -2.10. The summed E-state index contributed by atoms with van der Waals surface area (Å²) >= 11 is 2.99. The fourth-order valence-corrected chi connectivity index (χ4v) is 3.77. The molecule has 0 bridgehead atoms. The van der Waals surface area contributed by atoms with E-state index in [2.05, 4.69) is 10.3 Å². The number of carbonyl (C=O) groups is 1. The van der Waals surface area contributed by atoms with Crippen LogP contribution < -0.4 is 5.32 Å². The van der Waals surface area contributed by atoms with E-state index in [1.54, 1.807) is 25.6 Å². The first-order chi connectivity index (χ1) is 9.97. The van der Waals surface area contributed by atoms with Crippen LogP contribution in [0.4, 0.5) is 11.4 Å². The minimum Gasteiger partial charge on any atom is -0.319 e. The molecule has 0 unspecified atom stereocenters. The van der Waals surface area contributed by atoms with Gasteiger partial charge in [-0.3, -0.25) is 19.9 Å². The Morgan fingerprint density at radius 1 is 1.52 bits per heavy atom. The molecule has 112 valence electrons. The number of anilines is 1. The molecule has 1 aliphatic rings. The number of benzene rings is 1. The van der Waals surface area contributed by atoms with Crippen LogP contribution in [0, 0.1) is 24.0 Å². The Balaban J connectivity index is 2.07. The lowest BCUT2D eigenvalue weighted by molar-refractivity contribution is -0.384. The molecule has 0 saturated heterocycles. The summed E-state index contributed by atoms with van der Waals surface area (Å²) in [5.41, 5.74) is 1.69. The Bertz CT molecular complexity index is 617. The van der Waals surface area contributed by atoms with Crippen molar-refractivity contribution < 1.29 is 9.72 Å². The summed E-state index contributed by atoms with van der Waals surface area (Å²) in [7, 11) is 0. The molecular weight excluding hydrogens is 310 g/mol. The van der Waals surface area contributed by atoms with Gasteiger partial charge < -0.3 is 5.32 Å². The molecule has 0 atom stereocenters. The third-order valence-corrected chi connectivity index (χ3v) is 5.06. The number of aryl methyl sites for hydroxylation is 2. The number of aliphatic imine (C=N–C) groups is 1. The predicted molar refractivity (Wildman–Crippen MR) is 88.4 cm³/mol. The van der Waals surface area contributed by atoms with E-state index in [-0.39, 0.29) is 23.0 Å². The van der Waals surface area contributed by atoms with Gasteiger partial charge in [0, 0.05) is 11.8 Å². The van der Waals surface area contributed by atoms with Crippen molar-refractivity contribution in [3.63, 3.8) is 0 Å². The highest BCUT2D eigenvalue weighted by Crippen LogP contribution is 2.30. The van der Waals surface area contributed by atoms with E-state index in [1.165, 1.54) is 17.8 Å². The Hall–Kier alpha value is -1.54. The van der Waals surface area contributed by atoms with Gasteiger partial charge in [0.25, 0.3) is 5.69 Å². The van der Waals surface area contributed by atoms with Gasteiger partial charge in [-0.15, -0.1) is 0 Å². The number of rotatable bonds is 4. The Morgan fingerprint density at radius 2 is 2.29 bits per heavy atom. The number of amides is 1. The van der Waals surface area contributed by atoms with Gasteiger partial charge >= 0.3 is 0 Å². The second-order valence-corrected chi connectivity index (χ2v) is 6.87. The lowest BCUT2D eigenvalue weighted by Crippen LogP contribution is -2.16. The average molecular weight is 325 g/mol. The fraction of sp³-hybridized carbons (Fsp3) is 0.385. The summed E-state index contributed by atoms with van der Waals surface area (Å²) in [6.07, 6.45) is 0. The van der Waals surface area contributed by atoms with Crippen LogP contribution in [0.3, 0.4) is 0 Å². The standard InChI is InChI=1S/C13H15N3O3S2/c1-8-5-9(2)12(10(6-8)16(18)19)15-11(17)7-21-13-14-3-4-20-13/h5-6H,3-4,7H2,1-2H3,(H,15,17). The van der Waals surface area contributed by atoms with E-state index >= 15 is 0 Å². The molecule has 1 aromatic carbocycles. The predicted octanol–water partition coefficient (Wildman–Crippen LogP) is 2.99. The van der Waals surface area contributed by atoms with Gasteiger partial charge in [0.05, 0.1) is 17.2 Å². The molecule has 6 nitrogen and oxygen atoms in total. The Kier molecular flexibility index (Phi) is 5.24. The topological polar surface area (TPSA) is 84.6 Å². The minimum atomic E-state index is -0.473. The van der Waals surface area contributed by atoms with Crippen molar-refractivity contribution in [3.05, 3.63) is 33.4 Å². The van der Waals surface area contributed by atoms with E-state index in [4.69, 9.17) is 0 Å². The maximum Gasteiger partial charge on any atom is 0.293 e. The summed E-state index contributed by atoms with van der Waals surface area (Å²) < 4.78 is 0.903. The number of nitrogens with one attached hydrogen (secondary N) is 1. The highest BCUT2D eigenvalue weighted by atomic mass is 32.2. The van der Waals surface area contributed by atoms with Gasteiger partial charge in [0.15, 0.2) is 0 Å². The van der Waals surface area contributed by atoms with E-state index < -0.39 is 4.92 Å². The van der Waals surface area contributed by atoms with Gasteiger partial charge in [-0.25, -0.2) is 0 Å². The van der Waals surface area contributed by atoms with Crippen molar-refractivity contribution in [3.8, 4) is 0 Å². The zero-order valence-corrected chi connectivity index (χ0v) is 13.3. The zero-order valence-electron chi connectivity index (χ0n) is 11.7. The van der Waals surface area contributed by atoms with E-state index in [0.717, 1.165) is 22.2 Å². The average Bonchev–Trinajstić information content (AvgIpc) is 2.92. The van der Waals surface area contributed by atoms with Crippen molar-refractivity contribution in [2.24, 2.45) is 4.99 Å². The number of hydrogen-bond donors (Lipinski definition) is 1. The largest absolute Gasteiger partial charge is 0.319 e. The first-order valence-corrected chi connectivity index (χ1v) is 8.30. The molecule has 1 N–H and O–H groups in total. The van der Waals surface area contributed by atoms with Crippen LogP contribution in [0.15, 0.2) is 17.1 Å². The summed E-state index contributed by atoms with van der Waals surface area (Å²) in [6, 6.07) is 3.28. The number of carbonyl (C=O) groups excluding carboxylic acids is 1. The number of nitro benzene ring substituents is 1. The van der Waals surface area contributed by atoms with Crippen LogP contribution in [0.2, 0.25) is 0 Å². The van der Waals surface area contributed by atoms with Crippen molar-refractivity contribution in [1.82, 2.24) is 0 Å². The normalized spacial score (nSPS) is 13.9.